The summed E-state index contributed by atoms with van der Waals surface area (Å²) >= 11 is 0. The molecular formula is C14H23N5. The number of aryl methyl sites for hydroxylation is 3. The lowest BCUT2D eigenvalue weighted by Crippen LogP contribution is -2.17. The van der Waals surface area contributed by atoms with Gasteiger partial charge in [-0.05, 0) is 26.3 Å². The number of aromatic nitrogens is 4. The Balaban J connectivity index is 1.94. The number of nitrogens with one attached hydrogen (secondary N) is 1. The summed E-state index contributed by atoms with van der Waals surface area (Å²) < 4.78 is 4.00. The summed E-state index contributed by atoms with van der Waals surface area (Å²) in [5.41, 5.74) is 4.87. The number of nitrogens with zero attached hydrogens (tertiary/aromatic N) is 4. The van der Waals surface area contributed by atoms with Crippen molar-refractivity contribution in [3.63, 3.8) is 0 Å². The normalized spacial score (nSPS) is 11.2. The molecule has 2 aromatic rings. The molecule has 2 aromatic heterocycles. The molecule has 2 rings (SSSR count). The second-order valence-corrected chi connectivity index (χ2v) is 4.92. The minimum Gasteiger partial charge on any atom is -0.307 e. The molecule has 0 atom stereocenters. The zero-order valence-electron chi connectivity index (χ0n) is 12.3. The van der Waals surface area contributed by atoms with Gasteiger partial charge in [0.05, 0.1) is 11.4 Å². The Kier molecular flexibility index (Phi) is 4.37. The third-order valence-corrected chi connectivity index (χ3v) is 3.51. The van der Waals surface area contributed by atoms with Crippen molar-refractivity contribution >= 4 is 0 Å². The molecule has 104 valence electrons. The third kappa shape index (κ3) is 3.04. The zero-order chi connectivity index (χ0) is 13.8. The summed E-state index contributed by atoms with van der Waals surface area (Å²) in [5, 5.41) is 12.2. The maximum atomic E-state index is 4.43. The van der Waals surface area contributed by atoms with Crippen molar-refractivity contribution in [3.8, 4) is 0 Å². The highest BCUT2D eigenvalue weighted by Crippen LogP contribution is 2.11. The van der Waals surface area contributed by atoms with Crippen LogP contribution in [0.15, 0.2) is 12.3 Å². The monoisotopic (exact) mass is 261 g/mol. The van der Waals surface area contributed by atoms with Crippen molar-refractivity contribution in [2.24, 2.45) is 7.05 Å². The van der Waals surface area contributed by atoms with E-state index in [0.717, 1.165) is 31.7 Å². The molecule has 0 amide bonds. The van der Waals surface area contributed by atoms with Crippen LogP contribution in [-0.2, 0) is 26.7 Å². The van der Waals surface area contributed by atoms with Crippen molar-refractivity contribution in [3.05, 3.63) is 34.9 Å². The van der Waals surface area contributed by atoms with E-state index >= 15 is 0 Å². The Morgan fingerprint density at radius 1 is 1.26 bits per heavy atom. The Hall–Kier alpha value is -1.62. The van der Waals surface area contributed by atoms with Gasteiger partial charge < -0.3 is 5.32 Å². The van der Waals surface area contributed by atoms with Crippen LogP contribution in [0, 0.1) is 13.8 Å². The van der Waals surface area contributed by atoms with Gasteiger partial charge in [0.25, 0.3) is 0 Å². The first kappa shape index (κ1) is 13.8. The first-order valence-electron chi connectivity index (χ1n) is 6.84. The van der Waals surface area contributed by atoms with Crippen LogP contribution in [0.3, 0.4) is 0 Å². The first-order chi connectivity index (χ1) is 9.13. The maximum absolute atomic E-state index is 4.43. The van der Waals surface area contributed by atoms with Crippen LogP contribution in [0.4, 0.5) is 0 Å². The summed E-state index contributed by atoms with van der Waals surface area (Å²) in [5.74, 6) is 0. The number of hydrogen-bond donors (Lipinski definition) is 1. The number of rotatable bonds is 6. The minimum absolute atomic E-state index is 0.841. The van der Waals surface area contributed by atoms with Gasteiger partial charge in [-0.3, -0.25) is 9.36 Å². The minimum atomic E-state index is 0.841. The predicted octanol–water partition coefficient (Wildman–Crippen LogP) is 1.93. The van der Waals surface area contributed by atoms with E-state index in [1.54, 1.807) is 0 Å². The van der Waals surface area contributed by atoms with E-state index in [0.29, 0.717) is 0 Å². The lowest BCUT2D eigenvalue weighted by molar-refractivity contribution is 0.549. The van der Waals surface area contributed by atoms with E-state index in [9.17, 15) is 0 Å². The summed E-state index contributed by atoms with van der Waals surface area (Å²) in [4.78, 5) is 0. The predicted molar refractivity (Wildman–Crippen MR) is 75.7 cm³/mol. The van der Waals surface area contributed by atoms with Crippen molar-refractivity contribution in [1.29, 1.82) is 0 Å². The smallest absolute Gasteiger partial charge is 0.0641 e. The maximum Gasteiger partial charge on any atom is 0.0641 e. The molecule has 0 radical (unpaired) electrons. The lowest BCUT2D eigenvalue weighted by Gasteiger charge is -2.08. The SMILES string of the molecule is CCCn1nccc1CNCc1c(C)nn(C)c1C. The molecule has 0 aliphatic carbocycles. The molecule has 2 heterocycles. The quantitative estimate of drug-likeness (QED) is 0.864. The van der Waals surface area contributed by atoms with Crippen LogP contribution in [0.5, 0.6) is 0 Å². The van der Waals surface area contributed by atoms with Crippen LogP contribution in [0.1, 0.15) is 36.0 Å². The molecule has 0 saturated carbocycles. The van der Waals surface area contributed by atoms with Gasteiger partial charge in [-0.1, -0.05) is 6.92 Å². The van der Waals surface area contributed by atoms with Gasteiger partial charge in [0.1, 0.15) is 0 Å². The highest BCUT2D eigenvalue weighted by atomic mass is 15.3. The van der Waals surface area contributed by atoms with Gasteiger partial charge in [0.15, 0.2) is 0 Å². The molecule has 0 aromatic carbocycles. The van der Waals surface area contributed by atoms with E-state index in [4.69, 9.17) is 0 Å². The van der Waals surface area contributed by atoms with E-state index in [2.05, 4.69) is 47.0 Å². The molecule has 0 spiro atoms. The average Bonchev–Trinajstić information content (AvgIpc) is 2.90. The van der Waals surface area contributed by atoms with Gasteiger partial charge >= 0.3 is 0 Å². The molecule has 0 aliphatic rings. The van der Waals surface area contributed by atoms with E-state index in [1.807, 2.05) is 17.9 Å². The molecular weight excluding hydrogens is 238 g/mol. The van der Waals surface area contributed by atoms with Crippen molar-refractivity contribution in [2.75, 3.05) is 0 Å². The molecule has 0 fully saturated rings. The number of hydrogen-bond acceptors (Lipinski definition) is 3. The second kappa shape index (κ2) is 6.02. The van der Waals surface area contributed by atoms with Crippen LogP contribution in [0.25, 0.3) is 0 Å². The summed E-state index contributed by atoms with van der Waals surface area (Å²) in [6.07, 6.45) is 2.97. The molecule has 0 aliphatic heterocycles. The van der Waals surface area contributed by atoms with Crippen molar-refractivity contribution in [1.82, 2.24) is 24.9 Å². The van der Waals surface area contributed by atoms with E-state index in [1.165, 1.54) is 17.0 Å². The van der Waals surface area contributed by atoms with E-state index in [-0.39, 0.29) is 0 Å². The summed E-state index contributed by atoms with van der Waals surface area (Å²) in [6, 6.07) is 2.08. The third-order valence-electron chi connectivity index (χ3n) is 3.51. The van der Waals surface area contributed by atoms with Crippen molar-refractivity contribution < 1.29 is 0 Å². The van der Waals surface area contributed by atoms with Crippen LogP contribution in [0.2, 0.25) is 0 Å². The Labute approximate surface area is 114 Å². The fourth-order valence-electron chi connectivity index (χ4n) is 2.31. The fourth-order valence-corrected chi connectivity index (χ4v) is 2.31. The molecule has 0 saturated heterocycles. The fraction of sp³-hybridized carbons (Fsp3) is 0.571. The molecule has 5 nitrogen and oxygen atoms in total. The zero-order valence-corrected chi connectivity index (χ0v) is 12.3. The van der Waals surface area contributed by atoms with Crippen molar-refractivity contribution in [2.45, 2.75) is 46.8 Å². The molecule has 19 heavy (non-hydrogen) atoms. The Morgan fingerprint density at radius 2 is 2.05 bits per heavy atom. The van der Waals surface area contributed by atoms with Gasteiger partial charge in [-0.15, -0.1) is 0 Å². The molecule has 0 bridgehead atoms. The standard InChI is InChI=1S/C14H23N5/c1-5-8-19-13(6-7-16-19)9-15-10-14-11(2)17-18(4)12(14)3/h6-7,15H,5,8-10H2,1-4H3. The first-order valence-corrected chi connectivity index (χ1v) is 6.84. The molecule has 5 heteroatoms. The highest BCUT2D eigenvalue weighted by molar-refractivity contribution is 5.24. The van der Waals surface area contributed by atoms with Crippen LogP contribution in [-0.4, -0.2) is 19.6 Å². The largest absolute Gasteiger partial charge is 0.307 e. The van der Waals surface area contributed by atoms with Gasteiger partial charge in [0, 0.05) is 44.1 Å². The lowest BCUT2D eigenvalue weighted by atomic mass is 10.2. The summed E-state index contributed by atoms with van der Waals surface area (Å²) in [7, 11) is 1.99. The van der Waals surface area contributed by atoms with Crippen LogP contribution < -0.4 is 5.32 Å². The Morgan fingerprint density at radius 3 is 2.68 bits per heavy atom. The summed E-state index contributed by atoms with van der Waals surface area (Å²) in [6.45, 7) is 9.01. The van der Waals surface area contributed by atoms with Gasteiger partial charge in [0.2, 0.25) is 0 Å². The van der Waals surface area contributed by atoms with Gasteiger partial charge in [-0.2, -0.15) is 10.2 Å². The second-order valence-electron chi connectivity index (χ2n) is 4.92. The van der Waals surface area contributed by atoms with E-state index < -0.39 is 0 Å². The topological polar surface area (TPSA) is 47.7 Å². The Bertz CT molecular complexity index is 538. The molecule has 1 N–H and O–H groups in total. The van der Waals surface area contributed by atoms with Gasteiger partial charge in [-0.25, -0.2) is 0 Å². The molecule has 0 unspecified atom stereocenters. The average molecular weight is 261 g/mol. The highest BCUT2D eigenvalue weighted by Gasteiger charge is 2.09. The van der Waals surface area contributed by atoms with Crippen LogP contribution >= 0.6 is 0 Å².